The van der Waals surface area contributed by atoms with Crippen LogP contribution in [0.2, 0.25) is 0 Å². The molecule has 8 heteroatoms. The van der Waals surface area contributed by atoms with Crippen LogP contribution in [-0.4, -0.2) is 38.6 Å². The van der Waals surface area contributed by atoms with Crippen molar-refractivity contribution in [2.24, 2.45) is 13.0 Å². The average molecular weight is 557 g/mol. The Hall–Kier alpha value is -2.97. The second kappa shape index (κ2) is 18.3. The van der Waals surface area contributed by atoms with Crippen LogP contribution in [0.3, 0.4) is 0 Å². The second-order valence-electron chi connectivity index (χ2n) is 9.69. The van der Waals surface area contributed by atoms with Gasteiger partial charge in [0, 0.05) is 30.4 Å². The van der Waals surface area contributed by atoms with Crippen molar-refractivity contribution >= 4 is 28.3 Å². The van der Waals surface area contributed by atoms with Gasteiger partial charge in [-0.3, -0.25) is 9.59 Å². The Kier molecular flexibility index (Phi) is 16.0. The van der Waals surface area contributed by atoms with Gasteiger partial charge in [0.1, 0.15) is 6.04 Å². The lowest BCUT2D eigenvalue weighted by molar-refractivity contribution is -0.117. The number of aryl methyl sites for hydroxylation is 2. The largest absolute Gasteiger partial charge is 0.393 e. The third kappa shape index (κ3) is 12.6. The van der Waals surface area contributed by atoms with E-state index in [-0.39, 0.29) is 17.9 Å². The van der Waals surface area contributed by atoms with Gasteiger partial charge in [0.25, 0.3) is 5.91 Å². The first-order valence-electron chi connectivity index (χ1n) is 14.1. The van der Waals surface area contributed by atoms with E-state index in [4.69, 9.17) is 0 Å². The number of aliphatic hydroxyl groups is 1. The predicted molar refractivity (Wildman–Crippen MR) is 164 cm³/mol. The molecule has 0 fully saturated rings. The van der Waals surface area contributed by atoms with E-state index in [9.17, 15) is 14.7 Å². The number of nitrogens with one attached hydrogen (secondary N) is 2. The maximum atomic E-state index is 12.3. The number of aromatic nitrogens is 2. The molecule has 7 nitrogen and oxygen atoms in total. The van der Waals surface area contributed by atoms with Crippen LogP contribution in [0.15, 0.2) is 48.1 Å². The van der Waals surface area contributed by atoms with Crippen molar-refractivity contribution in [2.45, 2.75) is 92.7 Å². The van der Waals surface area contributed by atoms with Crippen LogP contribution in [0.5, 0.6) is 0 Å². The molecule has 0 spiro atoms. The second-order valence-corrected chi connectivity index (χ2v) is 10.5. The van der Waals surface area contributed by atoms with E-state index in [1.165, 1.54) is 24.2 Å². The molecule has 3 N–H and O–H groups in total. The minimum atomic E-state index is -0.672. The zero-order valence-electron chi connectivity index (χ0n) is 25.0. The van der Waals surface area contributed by atoms with Crippen LogP contribution in [0.4, 0.5) is 5.13 Å². The summed E-state index contributed by atoms with van der Waals surface area (Å²) < 4.78 is 1.78. The molecule has 0 aliphatic rings. The standard InChI is InChI=1S/C19H20N4O2S.C10H22O.C2H6/c1-12-5-4-6-14(9-12)16-11-26-19(21-16)22-17(24)13(2)20-18(25)15-7-8-23(3)10-15;1-4-6-10(11)8-7-9(3)5-2;1-2/h4-11,13H,1-3H3,(H,20,25)(H,21,22,24);9-11H,4-8H2,1-3H3;1-2H3. The molecule has 2 aromatic heterocycles. The fraction of sp³-hybridized carbons (Fsp3) is 0.516. The number of hydrogen-bond donors (Lipinski definition) is 3. The van der Waals surface area contributed by atoms with Gasteiger partial charge in [0.15, 0.2) is 5.13 Å². The molecule has 1 aromatic carbocycles. The molecule has 3 aromatic rings. The van der Waals surface area contributed by atoms with Gasteiger partial charge in [0.05, 0.1) is 17.4 Å². The van der Waals surface area contributed by atoms with E-state index in [1.807, 2.05) is 57.5 Å². The first kappa shape index (κ1) is 34.1. The van der Waals surface area contributed by atoms with Gasteiger partial charge in [-0.25, -0.2) is 4.98 Å². The highest BCUT2D eigenvalue weighted by Crippen LogP contribution is 2.25. The number of rotatable bonds is 11. The lowest BCUT2D eigenvalue weighted by atomic mass is 9.99. The normalized spacial score (nSPS) is 12.6. The van der Waals surface area contributed by atoms with E-state index in [2.05, 4.69) is 36.4 Å². The van der Waals surface area contributed by atoms with Crippen LogP contribution in [-0.2, 0) is 11.8 Å². The topological polar surface area (TPSA) is 96.3 Å². The molecule has 2 amide bonds. The SMILES string of the molecule is CC.CCCC(O)CCC(C)CC.Cc1cccc(-c2csc(NC(=O)C(C)NC(=O)c3ccn(C)c3)n2)c1. The van der Waals surface area contributed by atoms with Crippen molar-refractivity contribution in [3.05, 3.63) is 59.2 Å². The van der Waals surface area contributed by atoms with Crippen molar-refractivity contribution in [2.75, 3.05) is 5.32 Å². The van der Waals surface area contributed by atoms with E-state index >= 15 is 0 Å². The van der Waals surface area contributed by atoms with E-state index < -0.39 is 6.04 Å². The number of carbonyl (C=O) groups excluding carboxylic acids is 2. The quantitative estimate of drug-likeness (QED) is 0.232. The first-order chi connectivity index (χ1) is 18.6. The molecule has 0 aliphatic heterocycles. The summed E-state index contributed by atoms with van der Waals surface area (Å²) in [5.41, 5.74) is 3.49. The monoisotopic (exact) mass is 556 g/mol. The molecular formula is C31H48N4O3S. The summed E-state index contributed by atoms with van der Waals surface area (Å²) in [5, 5.41) is 17.2. The van der Waals surface area contributed by atoms with Crippen molar-refractivity contribution < 1.29 is 14.7 Å². The summed E-state index contributed by atoms with van der Waals surface area (Å²) in [4.78, 5) is 28.9. The van der Waals surface area contributed by atoms with Crippen molar-refractivity contribution in [1.82, 2.24) is 14.9 Å². The molecule has 216 valence electrons. The van der Waals surface area contributed by atoms with E-state index in [0.717, 1.165) is 42.0 Å². The number of anilines is 1. The molecule has 0 bridgehead atoms. The van der Waals surface area contributed by atoms with Crippen LogP contribution < -0.4 is 10.6 Å². The number of benzene rings is 1. The van der Waals surface area contributed by atoms with Crippen molar-refractivity contribution in [3.63, 3.8) is 0 Å². The Morgan fingerprint density at radius 1 is 1.10 bits per heavy atom. The maximum absolute atomic E-state index is 12.3. The summed E-state index contributed by atoms with van der Waals surface area (Å²) in [6.07, 6.45) is 8.91. The Bertz CT molecular complexity index is 1120. The van der Waals surface area contributed by atoms with Crippen LogP contribution in [0.25, 0.3) is 11.3 Å². The minimum Gasteiger partial charge on any atom is -0.393 e. The maximum Gasteiger partial charge on any atom is 0.253 e. The summed E-state index contributed by atoms with van der Waals surface area (Å²) in [5.74, 6) is 0.189. The summed E-state index contributed by atoms with van der Waals surface area (Å²) >= 11 is 1.36. The smallest absolute Gasteiger partial charge is 0.253 e. The van der Waals surface area contributed by atoms with Gasteiger partial charge in [-0.05, 0) is 51.2 Å². The molecular weight excluding hydrogens is 508 g/mol. The van der Waals surface area contributed by atoms with Gasteiger partial charge in [-0.2, -0.15) is 0 Å². The zero-order valence-corrected chi connectivity index (χ0v) is 25.8. The average Bonchev–Trinajstić information content (AvgIpc) is 3.58. The molecule has 0 aliphatic carbocycles. The van der Waals surface area contributed by atoms with E-state index in [1.54, 1.807) is 30.0 Å². The van der Waals surface area contributed by atoms with Crippen molar-refractivity contribution in [3.8, 4) is 11.3 Å². The number of thiazole rings is 1. The molecule has 2 heterocycles. The van der Waals surface area contributed by atoms with Crippen LogP contribution in [0.1, 0.15) is 89.6 Å². The van der Waals surface area contributed by atoms with Gasteiger partial charge >= 0.3 is 0 Å². The highest BCUT2D eigenvalue weighted by atomic mass is 32.1. The fourth-order valence-corrected chi connectivity index (χ4v) is 4.35. The number of carbonyl (C=O) groups is 2. The number of aliphatic hydroxyl groups excluding tert-OH is 1. The lowest BCUT2D eigenvalue weighted by Crippen LogP contribution is -2.41. The predicted octanol–water partition coefficient (Wildman–Crippen LogP) is 7.21. The fourth-order valence-electron chi connectivity index (χ4n) is 3.62. The Labute approximate surface area is 239 Å². The minimum absolute atomic E-state index is 0.0472. The first-order valence-corrected chi connectivity index (χ1v) is 14.9. The Balaban J connectivity index is 0.000000495. The number of nitrogens with zero attached hydrogens (tertiary/aromatic N) is 2. The molecule has 0 saturated carbocycles. The van der Waals surface area contributed by atoms with Gasteiger partial charge in [-0.1, -0.05) is 71.2 Å². The highest BCUT2D eigenvalue weighted by Gasteiger charge is 2.18. The third-order valence-corrected chi connectivity index (χ3v) is 6.95. The highest BCUT2D eigenvalue weighted by molar-refractivity contribution is 7.14. The summed E-state index contributed by atoms with van der Waals surface area (Å²) in [7, 11) is 1.83. The van der Waals surface area contributed by atoms with Gasteiger partial charge in [0.2, 0.25) is 5.91 Å². The number of hydrogen-bond acceptors (Lipinski definition) is 5. The van der Waals surface area contributed by atoms with Crippen molar-refractivity contribution in [1.29, 1.82) is 0 Å². The summed E-state index contributed by atoms with van der Waals surface area (Å²) in [6.45, 7) is 14.2. The van der Waals surface area contributed by atoms with Crippen LogP contribution in [0, 0.1) is 12.8 Å². The lowest BCUT2D eigenvalue weighted by Gasteiger charge is -2.12. The Morgan fingerprint density at radius 3 is 2.41 bits per heavy atom. The molecule has 0 radical (unpaired) electrons. The molecule has 3 atom stereocenters. The molecule has 3 rings (SSSR count). The molecule has 39 heavy (non-hydrogen) atoms. The number of amides is 2. The van der Waals surface area contributed by atoms with E-state index in [0.29, 0.717) is 10.7 Å². The van der Waals surface area contributed by atoms with Crippen LogP contribution >= 0.6 is 11.3 Å². The third-order valence-electron chi connectivity index (χ3n) is 6.19. The molecule has 3 unspecified atom stereocenters. The van der Waals surface area contributed by atoms with Gasteiger partial charge < -0.3 is 20.3 Å². The summed E-state index contributed by atoms with van der Waals surface area (Å²) in [6, 6.07) is 9.06. The zero-order chi connectivity index (χ0) is 29.4. The van der Waals surface area contributed by atoms with Gasteiger partial charge in [-0.15, -0.1) is 11.3 Å². The Morgan fingerprint density at radius 2 is 1.82 bits per heavy atom. The molecule has 0 saturated heterocycles.